The Bertz CT molecular complexity index is 523. The Kier molecular flexibility index (Phi) is 5.13. The zero-order valence-corrected chi connectivity index (χ0v) is 12.4. The minimum atomic E-state index is 0.124. The number of aromatic amines is 1. The molecule has 19 heavy (non-hydrogen) atoms. The van der Waals surface area contributed by atoms with Gasteiger partial charge in [0, 0.05) is 16.1 Å². The fraction of sp³-hybridized carbons (Fsp3) is 0.357. The van der Waals surface area contributed by atoms with E-state index in [0.29, 0.717) is 6.54 Å². The van der Waals surface area contributed by atoms with E-state index < -0.39 is 0 Å². The lowest BCUT2D eigenvalue weighted by Crippen LogP contribution is -2.31. The lowest BCUT2D eigenvalue weighted by Gasteiger charge is -2.12. The zero-order chi connectivity index (χ0) is 13.7. The molecule has 0 bridgehead atoms. The lowest BCUT2D eigenvalue weighted by molar-refractivity contribution is 0.237. The molecular formula is C14H18BrN3O. The summed E-state index contributed by atoms with van der Waals surface area (Å²) in [6.07, 6.45) is 2.73. The number of nitrogens with one attached hydrogen (secondary N) is 2. The van der Waals surface area contributed by atoms with Gasteiger partial charge in [-0.05, 0) is 18.6 Å². The van der Waals surface area contributed by atoms with Crippen molar-refractivity contribution in [1.29, 1.82) is 0 Å². The monoisotopic (exact) mass is 323 g/mol. The largest absolute Gasteiger partial charge is 0.395 e. The van der Waals surface area contributed by atoms with Gasteiger partial charge in [0.05, 0.1) is 25.0 Å². The Morgan fingerprint density at radius 2 is 2.32 bits per heavy atom. The second-order valence-corrected chi connectivity index (χ2v) is 5.34. The standard InChI is InChI=1S/C14H18BrN3O/c1-2-12(9-19)16-8-14-17-7-13(18-14)10-4-3-5-11(15)6-10/h3-7,12,16,19H,2,8-9H2,1H3,(H,17,18). The average Bonchev–Trinajstić information content (AvgIpc) is 2.89. The van der Waals surface area contributed by atoms with Gasteiger partial charge in [-0.3, -0.25) is 0 Å². The van der Waals surface area contributed by atoms with E-state index in [1.165, 1.54) is 0 Å². The molecule has 4 nitrogen and oxygen atoms in total. The van der Waals surface area contributed by atoms with E-state index in [9.17, 15) is 0 Å². The fourth-order valence-electron chi connectivity index (χ4n) is 1.83. The van der Waals surface area contributed by atoms with Gasteiger partial charge in [-0.2, -0.15) is 0 Å². The van der Waals surface area contributed by atoms with Crippen molar-refractivity contribution in [2.45, 2.75) is 25.9 Å². The molecule has 1 aromatic heterocycles. The highest BCUT2D eigenvalue weighted by atomic mass is 79.9. The summed E-state index contributed by atoms with van der Waals surface area (Å²) >= 11 is 3.46. The highest BCUT2D eigenvalue weighted by molar-refractivity contribution is 9.10. The normalized spacial score (nSPS) is 12.6. The van der Waals surface area contributed by atoms with Gasteiger partial charge in [0.1, 0.15) is 5.82 Å². The van der Waals surface area contributed by atoms with Crippen LogP contribution in [0.4, 0.5) is 0 Å². The second-order valence-electron chi connectivity index (χ2n) is 4.42. The molecular weight excluding hydrogens is 306 g/mol. The number of aliphatic hydroxyl groups is 1. The Labute approximate surface area is 121 Å². The maximum atomic E-state index is 9.12. The molecule has 0 aliphatic carbocycles. The van der Waals surface area contributed by atoms with Crippen LogP contribution in [-0.2, 0) is 6.54 Å². The highest BCUT2D eigenvalue weighted by Crippen LogP contribution is 2.21. The molecule has 1 heterocycles. The summed E-state index contributed by atoms with van der Waals surface area (Å²) in [6, 6.07) is 8.21. The van der Waals surface area contributed by atoms with Crippen molar-refractivity contribution in [3.63, 3.8) is 0 Å². The van der Waals surface area contributed by atoms with Crippen molar-refractivity contribution in [1.82, 2.24) is 15.3 Å². The van der Waals surface area contributed by atoms with E-state index in [-0.39, 0.29) is 12.6 Å². The van der Waals surface area contributed by atoms with Gasteiger partial charge in [0.25, 0.3) is 0 Å². The van der Waals surface area contributed by atoms with Crippen LogP contribution in [0.2, 0.25) is 0 Å². The summed E-state index contributed by atoms with van der Waals surface area (Å²) in [5.41, 5.74) is 2.09. The summed E-state index contributed by atoms with van der Waals surface area (Å²) in [5.74, 6) is 0.877. The molecule has 5 heteroatoms. The first kappa shape index (κ1) is 14.2. The number of benzene rings is 1. The first-order valence-electron chi connectivity index (χ1n) is 6.37. The summed E-state index contributed by atoms with van der Waals surface area (Å²) < 4.78 is 1.05. The average molecular weight is 324 g/mol. The minimum Gasteiger partial charge on any atom is -0.395 e. The number of imidazole rings is 1. The Morgan fingerprint density at radius 3 is 3.00 bits per heavy atom. The molecule has 0 aliphatic heterocycles. The van der Waals surface area contributed by atoms with Crippen LogP contribution in [0.15, 0.2) is 34.9 Å². The van der Waals surface area contributed by atoms with E-state index in [1.807, 2.05) is 37.4 Å². The van der Waals surface area contributed by atoms with Crippen molar-refractivity contribution in [2.75, 3.05) is 6.61 Å². The minimum absolute atomic E-state index is 0.124. The number of hydrogen-bond acceptors (Lipinski definition) is 3. The van der Waals surface area contributed by atoms with Gasteiger partial charge in [-0.25, -0.2) is 4.98 Å². The van der Waals surface area contributed by atoms with Crippen LogP contribution in [0.25, 0.3) is 11.3 Å². The molecule has 3 N–H and O–H groups in total. The van der Waals surface area contributed by atoms with Crippen molar-refractivity contribution in [3.05, 3.63) is 40.8 Å². The fourth-order valence-corrected chi connectivity index (χ4v) is 2.23. The third kappa shape index (κ3) is 3.89. The molecule has 2 rings (SSSR count). The molecule has 1 unspecified atom stereocenters. The van der Waals surface area contributed by atoms with E-state index in [4.69, 9.17) is 5.11 Å². The van der Waals surface area contributed by atoms with Gasteiger partial charge >= 0.3 is 0 Å². The first-order chi connectivity index (χ1) is 9.22. The number of aliphatic hydroxyl groups excluding tert-OH is 1. The highest BCUT2D eigenvalue weighted by Gasteiger charge is 2.07. The number of aromatic nitrogens is 2. The summed E-state index contributed by atoms with van der Waals surface area (Å²) in [5, 5.41) is 12.4. The second kappa shape index (κ2) is 6.84. The smallest absolute Gasteiger partial charge is 0.120 e. The van der Waals surface area contributed by atoms with Crippen LogP contribution in [-0.4, -0.2) is 27.7 Å². The summed E-state index contributed by atoms with van der Waals surface area (Å²) in [6.45, 7) is 2.83. The topological polar surface area (TPSA) is 60.9 Å². The third-order valence-electron chi connectivity index (χ3n) is 3.04. The van der Waals surface area contributed by atoms with Crippen molar-refractivity contribution in [3.8, 4) is 11.3 Å². The molecule has 102 valence electrons. The molecule has 0 fully saturated rings. The van der Waals surface area contributed by atoms with E-state index >= 15 is 0 Å². The third-order valence-corrected chi connectivity index (χ3v) is 3.53. The number of halogens is 1. The van der Waals surface area contributed by atoms with Crippen LogP contribution in [0.3, 0.4) is 0 Å². The molecule has 1 aromatic carbocycles. The molecule has 0 amide bonds. The van der Waals surface area contributed by atoms with E-state index in [2.05, 4.69) is 31.2 Å². The van der Waals surface area contributed by atoms with Crippen molar-refractivity contribution >= 4 is 15.9 Å². The van der Waals surface area contributed by atoms with Crippen LogP contribution in [0.1, 0.15) is 19.2 Å². The van der Waals surface area contributed by atoms with Gasteiger partial charge in [0.15, 0.2) is 0 Å². The predicted octanol–water partition coefficient (Wildman–Crippen LogP) is 2.70. The Balaban J connectivity index is 2.03. The number of nitrogens with zero attached hydrogens (tertiary/aromatic N) is 1. The van der Waals surface area contributed by atoms with Crippen molar-refractivity contribution in [2.24, 2.45) is 0 Å². The quantitative estimate of drug-likeness (QED) is 0.766. The molecule has 0 radical (unpaired) electrons. The zero-order valence-electron chi connectivity index (χ0n) is 10.9. The molecule has 0 saturated heterocycles. The number of hydrogen-bond donors (Lipinski definition) is 3. The number of H-pyrrole nitrogens is 1. The molecule has 2 aromatic rings. The van der Waals surface area contributed by atoms with Gasteiger partial charge in [0.2, 0.25) is 0 Å². The van der Waals surface area contributed by atoms with Crippen LogP contribution in [0.5, 0.6) is 0 Å². The maximum Gasteiger partial charge on any atom is 0.120 e. The SMILES string of the molecule is CCC(CO)NCc1ncc(-c2cccc(Br)c2)[nH]1. The van der Waals surface area contributed by atoms with Crippen LogP contribution < -0.4 is 5.32 Å². The van der Waals surface area contributed by atoms with E-state index in [0.717, 1.165) is 28.0 Å². The van der Waals surface area contributed by atoms with Gasteiger partial charge in [-0.15, -0.1) is 0 Å². The molecule has 1 atom stereocenters. The summed E-state index contributed by atoms with van der Waals surface area (Å²) in [4.78, 5) is 7.63. The molecule has 0 spiro atoms. The van der Waals surface area contributed by atoms with Crippen molar-refractivity contribution < 1.29 is 5.11 Å². The Morgan fingerprint density at radius 1 is 1.47 bits per heavy atom. The van der Waals surface area contributed by atoms with E-state index in [1.54, 1.807) is 0 Å². The summed E-state index contributed by atoms with van der Waals surface area (Å²) in [7, 11) is 0. The van der Waals surface area contributed by atoms with Crippen LogP contribution >= 0.6 is 15.9 Å². The number of rotatable bonds is 6. The first-order valence-corrected chi connectivity index (χ1v) is 7.16. The van der Waals surface area contributed by atoms with Gasteiger partial charge in [-0.1, -0.05) is 35.0 Å². The predicted molar refractivity (Wildman–Crippen MR) is 79.7 cm³/mol. The van der Waals surface area contributed by atoms with Crippen LogP contribution in [0, 0.1) is 0 Å². The van der Waals surface area contributed by atoms with Gasteiger partial charge < -0.3 is 15.4 Å². The molecule has 0 saturated carbocycles. The maximum absolute atomic E-state index is 9.12. The Hall–Kier alpha value is -1.17. The molecule has 0 aliphatic rings. The lowest BCUT2D eigenvalue weighted by atomic mass is 10.2.